The fraction of sp³-hybridized carbons (Fsp3) is 0.200. The van der Waals surface area contributed by atoms with Crippen LogP contribution in [-0.2, 0) is 14.1 Å². The Morgan fingerprint density at radius 1 is 1.33 bits per heavy atom. The standard InChI is InChI=1S/C10H9N5O3/c1-13-8-6(9(16)14(2)10(13)17)3-5(4-11)7(12)15(8)18/h3,12,18H,1-2H3. The van der Waals surface area contributed by atoms with E-state index in [4.69, 9.17) is 10.7 Å². The van der Waals surface area contributed by atoms with Crippen molar-refractivity contribution in [2.45, 2.75) is 0 Å². The number of nitriles is 1. The predicted octanol–water partition coefficient (Wildman–Crippen LogP) is -1.37. The van der Waals surface area contributed by atoms with E-state index in [2.05, 4.69) is 0 Å². The van der Waals surface area contributed by atoms with Crippen molar-refractivity contribution in [3.63, 3.8) is 0 Å². The number of hydrogen-bond donors (Lipinski definition) is 2. The molecule has 0 radical (unpaired) electrons. The summed E-state index contributed by atoms with van der Waals surface area (Å²) in [7, 11) is 2.66. The summed E-state index contributed by atoms with van der Waals surface area (Å²) in [5.74, 6) is 0. The average molecular weight is 247 g/mol. The minimum absolute atomic E-state index is 0.00495. The number of rotatable bonds is 0. The first-order valence-corrected chi connectivity index (χ1v) is 4.90. The van der Waals surface area contributed by atoms with Gasteiger partial charge in [0.05, 0.1) is 10.9 Å². The van der Waals surface area contributed by atoms with Gasteiger partial charge in [0.2, 0.25) is 0 Å². The summed E-state index contributed by atoms with van der Waals surface area (Å²) >= 11 is 0. The maximum Gasteiger partial charge on any atom is 0.332 e. The number of nitrogens with one attached hydrogen (secondary N) is 1. The molecule has 92 valence electrons. The van der Waals surface area contributed by atoms with Crippen LogP contribution in [0.4, 0.5) is 0 Å². The molecule has 0 unspecified atom stereocenters. The fourth-order valence-electron chi connectivity index (χ4n) is 1.76. The van der Waals surface area contributed by atoms with Gasteiger partial charge in [-0.15, -0.1) is 0 Å². The second-order valence-electron chi connectivity index (χ2n) is 3.77. The van der Waals surface area contributed by atoms with Gasteiger partial charge in [0.1, 0.15) is 6.07 Å². The van der Waals surface area contributed by atoms with Crippen molar-refractivity contribution in [2.75, 3.05) is 0 Å². The van der Waals surface area contributed by atoms with E-state index in [1.165, 1.54) is 20.2 Å². The normalized spacial score (nSPS) is 10.5. The summed E-state index contributed by atoms with van der Waals surface area (Å²) in [6.07, 6.45) is 0. The third-order valence-corrected chi connectivity index (χ3v) is 2.74. The Morgan fingerprint density at radius 3 is 2.50 bits per heavy atom. The summed E-state index contributed by atoms with van der Waals surface area (Å²) in [4.78, 5) is 23.6. The molecule has 0 aliphatic rings. The van der Waals surface area contributed by atoms with Crippen molar-refractivity contribution in [3.05, 3.63) is 38.0 Å². The van der Waals surface area contributed by atoms with E-state index in [-0.39, 0.29) is 16.6 Å². The Bertz CT molecular complexity index is 878. The molecular formula is C10H9N5O3. The van der Waals surface area contributed by atoms with Crippen LogP contribution in [0.15, 0.2) is 15.7 Å². The molecule has 2 N–H and O–H groups in total. The number of aromatic nitrogens is 3. The lowest BCUT2D eigenvalue weighted by atomic mass is 10.2. The highest BCUT2D eigenvalue weighted by Gasteiger charge is 2.14. The van der Waals surface area contributed by atoms with Crippen LogP contribution in [0.25, 0.3) is 11.0 Å². The summed E-state index contributed by atoms with van der Waals surface area (Å²) in [6, 6.07) is 2.89. The zero-order chi connectivity index (χ0) is 13.6. The lowest BCUT2D eigenvalue weighted by Gasteiger charge is -2.10. The third kappa shape index (κ3) is 1.27. The molecule has 2 rings (SSSR count). The highest BCUT2D eigenvalue weighted by Crippen LogP contribution is 2.05. The van der Waals surface area contributed by atoms with Crippen molar-refractivity contribution >= 4 is 11.0 Å². The van der Waals surface area contributed by atoms with Gasteiger partial charge in [-0.25, -0.2) is 4.79 Å². The Morgan fingerprint density at radius 2 is 1.94 bits per heavy atom. The number of nitrogens with zero attached hydrogens (tertiary/aromatic N) is 4. The van der Waals surface area contributed by atoms with E-state index >= 15 is 0 Å². The zero-order valence-corrected chi connectivity index (χ0v) is 9.63. The lowest BCUT2D eigenvalue weighted by molar-refractivity contribution is 0.179. The summed E-state index contributed by atoms with van der Waals surface area (Å²) in [5.41, 5.74) is -2.01. The molecule has 2 heterocycles. The third-order valence-electron chi connectivity index (χ3n) is 2.74. The highest BCUT2D eigenvalue weighted by atomic mass is 16.5. The van der Waals surface area contributed by atoms with Crippen molar-refractivity contribution in [3.8, 4) is 6.07 Å². The summed E-state index contributed by atoms with van der Waals surface area (Å²) in [6.45, 7) is 0. The zero-order valence-electron chi connectivity index (χ0n) is 9.63. The van der Waals surface area contributed by atoms with Crippen LogP contribution in [0.2, 0.25) is 0 Å². The smallest absolute Gasteiger partial charge is 0.332 e. The summed E-state index contributed by atoms with van der Waals surface area (Å²) < 4.78 is 2.26. The van der Waals surface area contributed by atoms with E-state index in [0.717, 1.165) is 9.13 Å². The Balaban J connectivity index is 3.30. The molecule has 0 saturated heterocycles. The van der Waals surface area contributed by atoms with E-state index in [1.807, 2.05) is 0 Å². The quantitative estimate of drug-likeness (QED) is 0.558. The monoisotopic (exact) mass is 247 g/mol. The molecule has 0 bridgehead atoms. The first-order valence-electron chi connectivity index (χ1n) is 4.90. The summed E-state index contributed by atoms with van der Waals surface area (Å²) in [5, 5.41) is 26.1. The van der Waals surface area contributed by atoms with Crippen molar-refractivity contribution < 1.29 is 5.21 Å². The van der Waals surface area contributed by atoms with E-state index in [9.17, 15) is 14.8 Å². The molecule has 0 aromatic carbocycles. The van der Waals surface area contributed by atoms with Crippen LogP contribution in [-0.4, -0.2) is 19.1 Å². The average Bonchev–Trinajstić information content (AvgIpc) is 2.36. The molecular weight excluding hydrogens is 238 g/mol. The highest BCUT2D eigenvalue weighted by molar-refractivity contribution is 5.75. The van der Waals surface area contributed by atoms with Gasteiger partial charge in [-0.3, -0.25) is 19.3 Å². The molecule has 0 amide bonds. The Kier molecular flexibility index (Phi) is 2.33. The van der Waals surface area contributed by atoms with E-state index < -0.39 is 16.7 Å². The molecule has 2 aromatic rings. The maximum atomic E-state index is 11.9. The molecule has 0 fully saturated rings. The minimum atomic E-state index is -0.632. The van der Waals surface area contributed by atoms with Gasteiger partial charge in [0, 0.05) is 14.1 Å². The maximum absolute atomic E-state index is 11.9. The molecule has 8 heteroatoms. The van der Waals surface area contributed by atoms with Gasteiger partial charge >= 0.3 is 5.69 Å². The van der Waals surface area contributed by atoms with Gasteiger partial charge in [-0.2, -0.15) is 9.99 Å². The van der Waals surface area contributed by atoms with Gasteiger partial charge in [-0.1, -0.05) is 0 Å². The second-order valence-corrected chi connectivity index (χ2v) is 3.77. The first kappa shape index (κ1) is 11.7. The topological polar surface area (TPSA) is 117 Å². The van der Waals surface area contributed by atoms with Gasteiger partial charge < -0.3 is 5.21 Å². The largest absolute Gasteiger partial charge is 0.425 e. The molecule has 0 aliphatic carbocycles. The van der Waals surface area contributed by atoms with Gasteiger partial charge in [0.15, 0.2) is 11.1 Å². The van der Waals surface area contributed by atoms with Crippen LogP contribution in [0.3, 0.4) is 0 Å². The predicted molar refractivity (Wildman–Crippen MR) is 60.2 cm³/mol. The van der Waals surface area contributed by atoms with Crippen LogP contribution in [0.5, 0.6) is 0 Å². The van der Waals surface area contributed by atoms with Gasteiger partial charge in [-0.05, 0) is 6.07 Å². The van der Waals surface area contributed by atoms with Crippen molar-refractivity contribution in [2.24, 2.45) is 14.1 Å². The van der Waals surface area contributed by atoms with Crippen molar-refractivity contribution in [1.82, 2.24) is 13.9 Å². The Labute approximate surface area is 99.6 Å². The van der Waals surface area contributed by atoms with Gasteiger partial charge in [0.25, 0.3) is 5.56 Å². The number of hydrogen-bond acceptors (Lipinski definition) is 5. The molecule has 8 nitrogen and oxygen atoms in total. The molecule has 0 aliphatic heterocycles. The first-order chi connectivity index (χ1) is 8.40. The molecule has 18 heavy (non-hydrogen) atoms. The van der Waals surface area contributed by atoms with Crippen LogP contribution < -0.4 is 16.7 Å². The lowest BCUT2D eigenvalue weighted by Crippen LogP contribution is -2.39. The van der Waals surface area contributed by atoms with E-state index in [1.54, 1.807) is 6.07 Å². The molecule has 0 atom stereocenters. The van der Waals surface area contributed by atoms with Crippen LogP contribution in [0, 0.1) is 16.7 Å². The van der Waals surface area contributed by atoms with Crippen LogP contribution in [0.1, 0.15) is 5.56 Å². The van der Waals surface area contributed by atoms with Crippen molar-refractivity contribution in [1.29, 1.82) is 10.7 Å². The molecule has 0 saturated carbocycles. The fourth-order valence-corrected chi connectivity index (χ4v) is 1.76. The molecule has 2 aromatic heterocycles. The number of aryl methyl sites for hydroxylation is 1. The Hall–Kier alpha value is -2.82. The number of fused-ring (bicyclic) bond motifs is 1. The van der Waals surface area contributed by atoms with E-state index in [0.29, 0.717) is 4.73 Å². The number of pyridine rings is 1. The van der Waals surface area contributed by atoms with Crippen LogP contribution >= 0.6 is 0 Å². The second kappa shape index (κ2) is 3.59. The SMILES string of the molecule is Cn1c(=O)c2cc(C#N)c(=N)n(O)c2n(C)c1=O. The molecule has 0 spiro atoms. The minimum Gasteiger partial charge on any atom is -0.425 e.